The molecular formula is C18H25NO. The third-order valence-electron chi connectivity index (χ3n) is 3.41. The molecule has 0 aliphatic heterocycles. The predicted molar refractivity (Wildman–Crippen MR) is 89.2 cm³/mol. The molecule has 0 radical (unpaired) electrons. The Bertz CT molecular complexity index is 492. The molecule has 0 amide bonds. The second-order valence-corrected chi connectivity index (χ2v) is 4.75. The van der Waals surface area contributed by atoms with Crippen LogP contribution in [0.3, 0.4) is 0 Å². The smallest absolute Gasteiger partial charge is 0.0932 e. The summed E-state index contributed by atoms with van der Waals surface area (Å²) in [6, 6.07) is 0. The Kier molecular flexibility index (Phi) is 7.30. The molecule has 2 heteroatoms. The molecule has 0 saturated carbocycles. The van der Waals surface area contributed by atoms with Gasteiger partial charge < -0.3 is 10.5 Å². The Balaban J connectivity index is 6.10. The van der Waals surface area contributed by atoms with Crippen LogP contribution in [0, 0.1) is 17.2 Å². The van der Waals surface area contributed by atoms with Crippen molar-refractivity contribution in [2.45, 2.75) is 20.8 Å². The highest BCUT2D eigenvalue weighted by Gasteiger charge is 2.26. The lowest BCUT2D eigenvalue weighted by Gasteiger charge is -2.27. The molecule has 20 heavy (non-hydrogen) atoms. The molecule has 2 N–H and O–H groups in total. The SMILES string of the molecule is C=C/C(C(=C)C)=C(\C=C)C(C(=C)O)[C@@H](C)/C(C=N)=C/C. The van der Waals surface area contributed by atoms with Crippen LogP contribution in [0.1, 0.15) is 20.8 Å². The van der Waals surface area contributed by atoms with Gasteiger partial charge in [0.25, 0.3) is 0 Å². The van der Waals surface area contributed by atoms with E-state index in [1.54, 1.807) is 12.2 Å². The minimum Gasteiger partial charge on any atom is -0.512 e. The first-order valence-electron chi connectivity index (χ1n) is 6.54. The summed E-state index contributed by atoms with van der Waals surface area (Å²) in [5.74, 6) is -0.378. The third-order valence-corrected chi connectivity index (χ3v) is 3.41. The van der Waals surface area contributed by atoms with Gasteiger partial charge in [0.15, 0.2) is 0 Å². The summed E-state index contributed by atoms with van der Waals surface area (Å²) >= 11 is 0. The summed E-state index contributed by atoms with van der Waals surface area (Å²) in [4.78, 5) is 0. The Labute approximate surface area is 122 Å². The molecule has 0 saturated heterocycles. The Hall–Kier alpha value is -2.09. The number of hydrogen-bond acceptors (Lipinski definition) is 2. The highest BCUT2D eigenvalue weighted by molar-refractivity contribution is 5.76. The van der Waals surface area contributed by atoms with Gasteiger partial charge in [-0.2, -0.15) is 0 Å². The summed E-state index contributed by atoms with van der Waals surface area (Å²) in [7, 11) is 0. The highest BCUT2D eigenvalue weighted by atomic mass is 16.3. The number of allylic oxidation sites excluding steroid dienone is 7. The van der Waals surface area contributed by atoms with E-state index in [1.165, 1.54) is 6.21 Å². The zero-order valence-corrected chi connectivity index (χ0v) is 12.7. The fourth-order valence-corrected chi connectivity index (χ4v) is 2.35. The zero-order chi connectivity index (χ0) is 15.9. The van der Waals surface area contributed by atoms with E-state index in [0.717, 1.165) is 22.3 Å². The summed E-state index contributed by atoms with van der Waals surface area (Å²) in [6.45, 7) is 21.0. The van der Waals surface area contributed by atoms with Gasteiger partial charge in [0.05, 0.1) is 5.76 Å². The fraction of sp³-hybridized carbons (Fsp3) is 0.278. The van der Waals surface area contributed by atoms with E-state index in [2.05, 4.69) is 26.3 Å². The lowest BCUT2D eigenvalue weighted by molar-refractivity contribution is 0.323. The Morgan fingerprint density at radius 2 is 1.75 bits per heavy atom. The molecule has 0 bridgehead atoms. The van der Waals surface area contributed by atoms with Crippen molar-refractivity contribution in [2.24, 2.45) is 11.8 Å². The van der Waals surface area contributed by atoms with E-state index in [9.17, 15) is 5.11 Å². The maximum Gasteiger partial charge on any atom is 0.0932 e. The summed E-state index contributed by atoms with van der Waals surface area (Å²) in [5.41, 5.74) is 3.36. The van der Waals surface area contributed by atoms with Crippen LogP contribution in [0.5, 0.6) is 0 Å². The van der Waals surface area contributed by atoms with Gasteiger partial charge in [-0.25, -0.2) is 0 Å². The van der Waals surface area contributed by atoms with Crippen LogP contribution in [-0.4, -0.2) is 11.3 Å². The van der Waals surface area contributed by atoms with E-state index in [0.29, 0.717) is 0 Å². The van der Waals surface area contributed by atoms with Crippen LogP contribution in [0.4, 0.5) is 0 Å². The van der Waals surface area contributed by atoms with E-state index in [4.69, 9.17) is 5.41 Å². The average molecular weight is 271 g/mol. The molecule has 0 aromatic rings. The standard InChI is InChI=1S/C18H25NO/c1-8-15(11-19)13(6)18(14(7)20)17(10-3)16(9-2)12(4)5/h8-11,13,18-20H,2-4,7H2,1,5-6H3/b15-8+,17-16-,19-11?/t13-,18?/m0/s1. The van der Waals surface area contributed by atoms with Crippen LogP contribution in [0.2, 0.25) is 0 Å². The first-order valence-corrected chi connectivity index (χ1v) is 6.54. The van der Waals surface area contributed by atoms with Crippen LogP contribution in [0.15, 0.2) is 72.6 Å². The van der Waals surface area contributed by atoms with Crippen molar-refractivity contribution in [3.8, 4) is 0 Å². The number of hydrogen-bond donors (Lipinski definition) is 2. The molecule has 0 aromatic heterocycles. The van der Waals surface area contributed by atoms with Gasteiger partial charge in [0.1, 0.15) is 0 Å². The van der Waals surface area contributed by atoms with Crippen LogP contribution in [0.25, 0.3) is 0 Å². The maximum atomic E-state index is 10.0. The highest BCUT2D eigenvalue weighted by Crippen LogP contribution is 2.34. The van der Waals surface area contributed by atoms with Gasteiger partial charge in [-0.3, -0.25) is 0 Å². The predicted octanol–water partition coefficient (Wildman–Crippen LogP) is 5.15. The van der Waals surface area contributed by atoms with E-state index in [1.807, 2.05) is 26.8 Å². The van der Waals surface area contributed by atoms with Gasteiger partial charge in [-0.05, 0) is 36.5 Å². The molecule has 0 aromatic carbocycles. The topological polar surface area (TPSA) is 44.1 Å². The monoisotopic (exact) mass is 271 g/mol. The van der Waals surface area contributed by atoms with Gasteiger partial charge in [0, 0.05) is 12.1 Å². The second kappa shape index (κ2) is 8.16. The second-order valence-electron chi connectivity index (χ2n) is 4.75. The molecule has 0 aliphatic rings. The quantitative estimate of drug-likeness (QED) is 0.358. The first-order chi connectivity index (χ1) is 9.35. The Morgan fingerprint density at radius 1 is 1.20 bits per heavy atom. The van der Waals surface area contributed by atoms with Crippen molar-refractivity contribution in [3.05, 3.63) is 72.6 Å². The largest absolute Gasteiger partial charge is 0.512 e. The summed E-state index contributed by atoms with van der Waals surface area (Å²) < 4.78 is 0. The van der Waals surface area contributed by atoms with Gasteiger partial charge in [0.2, 0.25) is 0 Å². The normalized spacial score (nSPS) is 15.7. The first kappa shape index (κ1) is 17.9. The van der Waals surface area contributed by atoms with Gasteiger partial charge in [-0.15, -0.1) is 0 Å². The van der Waals surface area contributed by atoms with Crippen molar-refractivity contribution >= 4 is 6.21 Å². The minimum absolute atomic E-state index is 0.0502. The van der Waals surface area contributed by atoms with Crippen LogP contribution >= 0.6 is 0 Å². The lowest BCUT2D eigenvalue weighted by Crippen LogP contribution is -2.19. The van der Waals surface area contributed by atoms with Crippen molar-refractivity contribution in [3.63, 3.8) is 0 Å². The molecule has 2 nitrogen and oxygen atoms in total. The molecule has 0 spiro atoms. The van der Waals surface area contributed by atoms with Crippen molar-refractivity contribution in [2.75, 3.05) is 0 Å². The number of nitrogens with one attached hydrogen (secondary N) is 1. The third kappa shape index (κ3) is 3.95. The molecule has 1 unspecified atom stereocenters. The molecule has 0 rings (SSSR count). The van der Waals surface area contributed by atoms with E-state index < -0.39 is 0 Å². The van der Waals surface area contributed by atoms with Crippen molar-refractivity contribution in [1.29, 1.82) is 5.41 Å². The maximum absolute atomic E-state index is 10.0. The number of rotatable bonds is 8. The van der Waals surface area contributed by atoms with Crippen LogP contribution in [-0.2, 0) is 0 Å². The summed E-state index contributed by atoms with van der Waals surface area (Å²) in [6.07, 6.45) is 6.57. The molecule has 2 atom stereocenters. The number of aliphatic hydroxyl groups is 1. The summed E-state index contributed by atoms with van der Waals surface area (Å²) in [5, 5.41) is 17.5. The zero-order valence-electron chi connectivity index (χ0n) is 12.7. The molecule has 108 valence electrons. The molecule has 0 aliphatic carbocycles. The molecule has 0 heterocycles. The lowest BCUT2D eigenvalue weighted by atomic mass is 9.78. The van der Waals surface area contributed by atoms with Gasteiger partial charge >= 0.3 is 0 Å². The van der Waals surface area contributed by atoms with E-state index >= 15 is 0 Å². The Morgan fingerprint density at radius 3 is 2.00 bits per heavy atom. The van der Waals surface area contributed by atoms with Crippen molar-refractivity contribution < 1.29 is 5.11 Å². The average Bonchev–Trinajstić information content (AvgIpc) is 2.38. The van der Waals surface area contributed by atoms with E-state index in [-0.39, 0.29) is 17.6 Å². The van der Waals surface area contributed by atoms with Gasteiger partial charge in [-0.1, -0.05) is 57.0 Å². The van der Waals surface area contributed by atoms with Crippen molar-refractivity contribution in [1.82, 2.24) is 0 Å². The molecular weight excluding hydrogens is 246 g/mol. The number of aliphatic hydroxyl groups excluding tert-OH is 1. The minimum atomic E-state index is -0.343. The fourth-order valence-electron chi connectivity index (χ4n) is 2.35. The van der Waals surface area contributed by atoms with Crippen LogP contribution < -0.4 is 0 Å². The molecule has 0 fully saturated rings.